The third-order valence-electron chi connectivity index (χ3n) is 1.76. The highest BCUT2D eigenvalue weighted by atomic mass is 35.5. The van der Waals surface area contributed by atoms with E-state index in [0.717, 1.165) is 5.39 Å². The zero-order chi connectivity index (χ0) is 9.42. The van der Waals surface area contributed by atoms with Crippen molar-refractivity contribution in [3.05, 3.63) is 35.2 Å². The second-order valence-corrected chi connectivity index (χ2v) is 3.06. The van der Waals surface area contributed by atoms with Crippen molar-refractivity contribution < 1.29 is 4.39 Å². The maximum atomic E-state index is 12.8. The van der Waals surface area contributed by atoms with E-state index >= 15 is 0 Å². The van der Waals surface area contributed by atoms with Crippen LogP contribution in [0.5, 0.6) is 0 Å². The van der Waals surface area contributed by atoms with Crippen LogP contribution in [0.2, 0.25) is 5.15 Å². The van der Waals surface area contributed by atoms with Gasteiger partial charge in [0.2, 0.25) is 0 Å². The molecule has 0 aliphatic heterocycles. The highest BCUT2D eigenvalue weighted by Crippen LogP contribution is 2.22. The summed E-state index contributed by atoms with van der Waals surface area (Å²) in [5, 5.41) is 0.987. The molecule has 0 radical (unpaired) electrons. The summed E-state index contributed by atoms with van der Waals surface area (Å²) in [6.07, 6.45) is 0. The molecule has 0 aliphatic carbocycles. The number of rotatable bonds is 0. The van der Waals surface area contributed by atoms with E-state index in [-0.39, 0.29) is 11.0 Å². The SMILES string of the molecule is Nc1cc2ccc(F)cc2nc1Cl. The van der Waals surface area contributed by atoms with E-state index in [9.17, 15) is 4.39 Å². The van der Waals surface area contributed by atoms with E-state index in [0.29, 0.717) is 11.2 Å². The van der Waals surface area contributed by atoms with Gasteiger partial charge in [0, 0.05) is 11.5 Å². The number of nitrogens with two attached hydrogens (primary N) is 1. The molecule has 0 unspecified atom stereocenters. The monoisotopic (exact) mass is 196 g/mol. The lowest BCUT2D eigenvalue weighted by Crippen LogP contribution is -1.90. The van der Waals surface area contributed by atoms with Crippen molar-refractivity contribution in [3.63, 3.8) is 0 Å². The Bertz CT molecular complexity index is 470. The quantitative estimate of drug-likeness (QED) is 0.658. The summed E-state index contributed by atoms with van der Waals surface area (Å²) in [7, 11) is 0. The molecular weight excluding hydrogens is 191 g/mol. The van der Waals surface area contributed by atoms with Crippen molar-refractivity contribution in [2.24, 2.45) is 0 Å². The molecule has 0 fully saturated rings. The van der Waals surface area contributed by atoms with Crippen LogP contribution in [-0.2, 0) is 0 Å². The number of anilines is 1. The predicted molar refractivity (Wildman–Crippen MR) is 51.1 cm³/mol. The highest BCUT2D eigenvalue weighted by molar-refractivity contribution is 6.32. The van der Waals surface area contributed by atoms with E-state index in [2.05, 4.69) is 4.98 Å². The first-order valence-electron chi connectivity index (χ1n) is 3.68. The molecular formula is C9H6ClFN2. The average Bonchev–Trinajstić information content (AvgIpc) is 2.08. The van der Waals surface area contributed by atoms with Gasteiger partial charge in [0.1, 0.15) is 5.82 Å². The van der Waals surface area contributed by atoms with Crippen LogP contribution < -0.4 is 5.73 Å². The van der Waals surface area contributed by atoms with Crippen LogP contribution in [0.4, 0.5) is 10.1 Å². The number of halogens is 2. The lowest BCUT2D eigenvalue weighted by Gasteiger charge is -2.00. The van der Waals surface area contributed by atoms with Crippen LogP contribution in [0.3, 0.4) is 0 Å². The summed E-state index contributed by atoms with van der Waals surface area (Å²) < 4.78 is 12.8. The van der Waals surface area contributed by atoms with Gasteiger partial charge in [0.15, 0.2) is 5.15 Å². The van der Waals surface area contributed by atoms with Crippen LogP contribution in [0.1, 0.15) is 0 Å². The van der Waals surface area contributed by atoms with Gasteiger partial charge in [-0.2, -0.15) is 0 Å². The average molecular weight is 197 g/mol. The number of nitrogens with zero attached hydrogens (tertiary/aromatic N) is 1. The number of nitrogen functional groups attached to an aromatic ring is 1. The summed E-state index contributed by atoms with van der Waals surface area (Å²) in [5.41, 5.74) is 6.45. The number of hydrogen-bond donors (Lipinski definition) is 1. The van der Waals surface area contributed by atoms with Gasteiger partial charge in [-0.3, -0.25) is 0 Å². The van der Waals surface area contributed by atoms with E-state index < -0.39 is 0 Å². The summed E-state index contributed by atoms with van der Waals surface area (Å²) >= 11 is 5.68. The van der Waals surface area contributed by atoms with Gasteiger partial charge in [-0.25, -0.2) is 9.37 Å². The molecule has 2 aromatic rings. The molecule has 2 rings (SSSR count). The molecule has 13 heavy (non-hydrogen) atoms. The van der Waals surface area contributed by atoms with Crippen LogP contribution >= 0.6 is 11.6 Å². The number of fused-ring (bicyclic) bond motifs is 1. The van der Waals surface area contributed by atoms with Crippen molar-refractivity contribution in [1.29, 1.82) is 0 Å². The molecule has 1 aromatic heterocycles. The van der Waals surface area contributed by atoms with Gasteiger partial charge in [-0.15, -0.1) is 0 Å². The second kappa shape index (κ2) is 2.85. The van der Waals surface area contributed by atoms with E-state index in [1.54, 1.807) is 12.1 Å². The van der Waals surface area contributed by atoms with E-state index in [4.69, 9.17) is 17.3 Å². The predicted octanol–water partition coefficient (Wildman–Crippen LogP) is 2.61. The fraction of sp³-hybridized carbons (Fsp3) is 0. The first kappa shape index (κ1) is 8.26. The zero-order valence-electron chi connectivity index (χ0n) is 6.59. The van der Waals surface area contributed by atoms with Gasteiger partial charge in [0.05, 0.1) is 11.2 Å². The minimum Gasteiger partial charge on any atom is -0.396 e. The lowest BCUT2D eigenvalue weighted by atomic mass is 10.2. The van der Waals surface area contributed by atoms with Crippen molar-refractivity contribution in [1.82, 2.24) is 4.98 Å². The molecule has 66 valence electrons. The Morgan fingerprint density at radius 2 is 2.08 bits per heavy atom. The molecule has 0 saturated heterocycles. The number of pyridine rings is 1. The van der Waals surface area contributed by atoms with Crippen LogP contribution in [-0.4, -0.2) is 4.98 Å². The molecule has 1 heterocycles. The van der Waals surface area contributed by atoms with Crippen LogP contribution in [0, 0.1) is 5.82 Å². The fourth-order valence-electron chi connectivity index (χ4n) is 1.13. The Kier molecular flexibility index (Phi) is 1.81. The minimum atomic E-state index is -0.333. The second-order valence-electron chi connectivity index (χ2n) is 2.71. The first-order chi connectivity index (χ1) is 6.16. The van der Waals surface area contributed by atoms with Crippen molar-refractivity contribution in [2.75, 3.05) is 5.73 Å². The highest BCUT2D eigenvalue weighted by Gasteiger charge is 2.01. The molecule has 4 heteroatoms. The van der Waals surface area contributed by atoms with Crippen LogP contribution in [0.15, 0.2) is 24.3 Å². The zero-order valence-corrected chi connectivity index (χ0v) is 7.35. The summed E-state index contributed by atoms with van der Waals surface area (Å²) in [5.74, 6) is -0.333. The van der Waals surface area contributed by atoms with E-state index in [1.165, 1.54) is 12.1 Å². The maximum Gasteiger partial charge on any atom is 0.152 e. The minimum absolute atomic E-state index is 0.207. The number of aromatic nitrogens is 1. The molecule has 0 aliphatic rings. The summed E-state index contributed by atoms with van der Waals surface area (Å²) in [6.45, 7) is 0. The van der Waals surface area contributed by atoms with Crippen molar-refractivity contribution >= 4 is 28.2 Å². The Hall–Kier alpha value is -1.35. The van der Waals surface area contributed by atoms with E-state index in [1.807, 2.05) is 0 Å². The molecule has 0 spiro atoms. The third-order valence-corrected chi connectivity index (χ3v) is 2.06. The molecule has 0 atom stereocenters. The van der Waals surface area contributed by atoms with Crippen LogP contribution in [0.25, 0.3) is 10.9 Å². The Morgan fingerprint density at radius 1 is 1.31 bits per heavy atom. The van der Waals surface area contributed by atoms with Gasteiger partial charge in [0.25, 0.3) is 0 Å². The number of benzene rings is 1. The topological polar surface area (TPSA) is 38.9 Å². The number of hydrogen-bond acceptors (Lipinski definition) is 2. The molecule has 2 N–H and O–H groups in total. The molecule has 1 aromatic carbocycles. The maximum absolute atomic E-state index is 12.8. The van der Waals surface area contributed by atoms with Gasteiger partial charge < -0.3 is 5.73 Å². The largest absolute Gasteiger partial charge is 0.396 e. The molecule has 0 saturated carbocycles. The first-order valence-corrected chi connectivity index (χ1v) is 4.06. The molecule has 0 amide bonds. The van der Waals surface area contributed by atoms with Gasteiger partial charge >= 0.3 is 0 Å². The molecule has 0 bridgehead atoms. The fourth-order valence-corrected chi connectivity index (χ4v) is 1.28. The molecule has 2 nitrogen and oxygen atoms in total. The Labute approximate surface area is 79.1 Å². The van der Waals surface area contributed by atoms with Crippen molar-refractivity contribution in [2.45, 2.75) is 0 Å². The van der Waals surface area contributed by atoms with Gasteiger partial charge in [-0.05, 0) is 18.2 Å². The Balaban J connectivity index is 2.81. The Morgan fingerprint density at radius 3 is 2.85 bits per heavy atom. The normalized spacial score (nSPS) is 10.6. The van der Waals surface area contributed by atoms with Gasteiger partial charge in [-0.1, -0.05) is 11.6 Å². The summed E-state index contributed by atoms with van der Waals surface area (Å²) in [6, 6.07) is 5.96. The lowest BCUT2D eigenvalue weighted by molar-refractivity contribution is 0.629. The third kappa shape index (κ3) is 1.42. The standard InChI is InChI=1S/C9H6ClFN2/c10-9-7(12)3-5-1-2-6(11)4-8(5)13-9/h1-4H,12H2. The smallest absolute Gasteiger partial charge is 0.152 e. The van der Waals surface area contributed by atoms with Crippen molar-refractivity contribution in [3.8, 4) is 0 Å². The summed E-state index contributed by atoms with van der Waals surface area (Å²) in [4.78, 5) is 3.94.